The molecule has 0 saturated heterocycles. The van der Waals surface area contributed by atoms with Gasteiger partial charge in [0.25, 0.3) is 5.69 Å². The average Bonchev–Trinajstić information content (AvgIpc) is 2.85. The second kappa shape index (κ2) is 5.80. The molecule has 1 aromatic carbocycles. The molecule has 3 rings (SSSR count). The predicted octanol–water partition coefficient (Wildman–Crippen LogP) is 2.57. The minimum Gasteiger partial charge on any atom is -0.496 e. The van der Waals surface area contributed by atoms with Gasteiger partial charge in [-0.15, -0.1) is 0 Å². The van der Waals surface area contributed by atoms with Crippen LogP contribution in [0.25, 0.3) is 11.1 Å². The maximum absolute atomic E-state index is 12.1. The highest BCUT2D eigenvalue weighted by Gasteiger charge is 2.17. The van der Waals surface area contributed by atoms with E-state index in [1.54, 1.807) is 13.3 Å². The van der Waals surface area contributed by atoms with Crippen LogP contribution in [0.15, 0.2) is 33.6 Å². The first-order chi connectivity index (χ1) is 11.4. The summed E-state index contributed by atoms with van der Waals surface area (Å²) in [4.78, 5) is 26.8. The standard InChI is InChI=1S/C16H15N3O5/c1-9-7-17-12(10(2)15(9)23-3)8-18-13-5-4-11(19(21)22)6-14(13)24-16(18)20/h4-7H,8H2,1-3H3. The molecule has 0 aliphatic carbocycles. The number of fused-ring (bicyclic) bond motifs is 1. The fourth-order valence-electron chi connectivity index (χ4n) is 2.70. The number of aromatic nitrogens is 2. The molecule has 8 nitrogen and oxygen atoms in total. The third kappa shape index (κ3) is 2.51. The van der Waals surface area contributed by atoms with Gasteiger partial charge in [0.2, 0.25) is 0 Å². The zero-order valence-corrected chi connectivity index (χ0v) is 13.4. The summed E-state index contributed by atoms with van der Waals surface area (Å²) in [6.45, 7) is 3.94. The highest BCUT2D eigenvalue weighted by Crippen LogP contribution is 2.26. The number of hydrogen-bond donors (Lipinski definition) is 0. The fraction of sp³-hybridized carbons (Fsp3) is 0.250. The molecule has 24 heavy (non-hydrogen) atoms. The topological polar surface area (TPSA) is 100 Å². The summed E-state index contributed by atoms with van der Waals surface area (Å²) >= 11 is 0. The Morgan fingerprint density at radius 1 is 1.38 bits per heavy atom. The van der Waals surface area contributed by atoms with Crippen LogP contribution in [0.3, 0.4) is 0 Å². The summed E-state index contributed by atoms with van der Waals surface area (Å²) in [5.41, 5.74) is 2.92. The Balaban J connectivity index is 2.10. The van der Waals surface area contributed by atoms with E-state index in [0.29, 0.717) is 11.2 Å². The first-order valence-electron chi connectivity index (χ1n) is 7.19. The second-order valence-electron chi connectivity index (χ2n) is 5.41. The molecule has 0 fully saturated rings. The summed E-state index contributed by atoms with van der Waals surface area (Å²) in [7, 11) is 1.58. The van der Waals surface area contributed by atoms with Crippen LogP contribution in [0.1, 0.15) is 16.8 Å². The van der Waals surface area contributed by atoms with E-state index in [9.17, 15) is 14.9 Å². The van der Waals surface area contributed by atoms with Crippen molar-refractivity contribution in [2.45, 2.75) is 20.4 Å². The highest BCUT2D eigenvalue weighted by molar-refractivity contribution is 5.75. The van der Waals surface area contributed by atoms with Crippen molar-refractivity contribution in [3.05, 3.63) is 61.9 Å². The number of methoxy groups -OCH3 is 1. The van der Waals surface area contributed by atoms with Crippen molar-refractivity contribution >= 4 is 16.8 Å². The normalized spacial score (nSPS) is 11.0. The van der Waals surface area contributed by atoms with Crippen LogP contribution in [0.4, 0.5) is 5.69 Å². The number of hydrogen-bond acceptors (Lipinski definition) is 6. The van der Waals surface area contributed by atoms with E-state index in [0.717, 1.165) is 16.9 Å². The lowest BCUT2D eigenvalue weighted by Gasteiger charge is -2.12. The monoisotopic (exact) mass is 329 g/mol. The number of oxazole rings is 1. The van der Waals surface area contributed by atoms with Crippen molar-refractivity contribution in [2.24, 2.45) is 0 Å². The summed E-state index contributed by atoms with van der Waals surface area (Å²) < 4.78 is 11.9. The predicted molar refractivity (Wildman–Crippen MR) is 86.5 cm³/mol. The number of nitro groups is 1. The molecule has 0 aliphatic heterocycles. The van der Waals surface area contributed by atoms with E-state index in [2.05, 4.69) is 4.98 Å². The van der Waals surface area contributed by atoms with Gasteiger partial charge in [0.05, 0.1) is 35.9 Å². The van der Waals surface area contributed by atoms with E-state index in [1.165, 1.54) is 22.8 Å². The van der Waals surface area contributed by atoms with Crippen LogP contribution in [0, 0.1) is 24.0 Å². The quantitative estimate of drug-likeness (QED) is 0.538. The number of benzene rings is 1. The molecule has 2 heterocycles. The largest absolute Gasteiger partial charge is 0.496 e. The Morgan fingerprint density at radius 2 is 2.12 bits per heavy atom. The summed E-state index contributed by atoms with van der Waals surface area (Å²) in [6.07, 6.45) is 1.68. The first-order valence-corrected chi connectivity index (χ1v) is 7.19. The summed E-state index contributed by atoms with van der Waals surface area (Å²) in [6, 6.07) is 4.08. The SMILES string of the molecule is COc1c(C)cnc(Cn2c(=O)oc3cc([N+](=O)[O-])ccc32)c1C. The number of non-ortho nitro benzene ring substituents is 1. The Kier molecular flexibility index (Phi) is 3.80. The molecule has 0 radical (unpaired) electrons. The lowest BCUT2D eigenvalue weighted by atomic mass is 10.1. The van der Waals surface area contributed by atoms with E-state index in [1.807, 2.05) is 13.8 Å². The first kappa shape index (κ1) is 15.7. The molecule has 0 spiro atoms. The highest BCUT2D eigenvalue weighted by atomic mass is 16.6. The fourth-order valence-corrected chi connectivity index (χ4v) is 2.70. The smallest absolute Gasteiger partial charge is 0.420 e. The van der Waals surface area contributed by atoms with Crippen LogP contribution >= 0.6 is 0 Å². The van der Waals surface area contributed by atoms with E-state index in [4.69, 9.17) is 9.15 Å². The van der Waals surface area contributed by atoms with Crippen LogP contribution in [-0.4, -0.2) is 21.6 Å². The van der Waals surface area contributed by atoms with Crippen molar-refractivity contribution < 1.29 is 14.1 Å². The van der Waals surface area contributed by atoms with Gasteiger partial charge in [0, 0.05) is 23.4 Å². The lowest BCUT2D eigenvalue weighted by Crippen LogP contribution is -2.16. The van der Waals surface area contributed by atoms with Gasteiger partial charge in [0.15, 0.2) is 5.58 Å². The molecule has 0 bridgehead atoms. The molecule has 0 atom stereocenters. The lowest BCUT2D eigenvalue weighted by molar-refractivity contribution is -0.384. The maximum Gasteiger partial charge on any atom is 0.420 e. The second-order valence-corrected chi connectivity index (χ2v) is 5.41. The van der Waals surface area contributed by atoms with E-state index >= 15 is 0 Å². The Labute approximate surface area is 136 Å². The summed E-state index contributed by atoms with van der Waals surface area (Å²) in [5.74, 6) is 0.128. The number of ether oxygens (including phenoxy) is 1. The van der Waals surface area contributed by atoms with Gasteiger partial charge in [-0.1, -0.05) is 0 Å². The number of pyridine rings is 1. The number of nitro benzene ring substituents is 1. The molecule has 124 valence electrons. The molecule has 0 N–H and O–H groups in total. The number of nitrogens with zero attached hydrogens (tertiary/aromatic N) is 3. The minimum atomic E-state index is -0.591. The molecule has 0 unspecified atom stereocenters. The van der Waals surface area contributed by atoms with Gasteiger partial charge in [-0.05, 0) is 19.9 Å². The maximum atomic E-state index is 12.1. The van der Waals surface area contributed by atoms with E-state index < -0.39 is 10.7 Å². The van der Waals surface area contributed by atoms with Crippen molar-refractivity contribution in [3.8, 4) is 5.75 Å². The molecule has 0 saturated carbocycles. The van der Waals surface area contributed by atoms with Crippen molar-refractivity contribution in [1.82, 2.24) is 9.55 Å². The molecule has 0 amide bonds. The van der Waals surface area contributed by atoms with Gasteiger partial charge in [-0.2, -0.15) is 0 Å². The Bertz CT molecular complexity index is 1000. The Hall–Kier alpha value is -3.16. The number of rotatable bonds is 4. The van der Waals surface area contributed by atoms with E-state index in [-0.39, 0.29) is 17.8 Å². The zero-order chi connectivity index (χ0) is 17.4. The molecule has 0 aliphatic rings. The minimum absolute atomic E-state index is 0.130. The zero-order valence-electron chi connectivity index (χ0n) is 13.4. The Morgan fingerprint density at radius 3 is 2.79 bits per heavy atom. The van der Waals surface area contributed by atoms with Gasteiger partial charge in [0.1, 0.15) is 5.75 Å². The molecular formula is C16H15N3O5. The van der Waals surface area contributed by atoms with Crippen LogP contribution < -0.4 is 10.5 Å². The van der Waals surface area contributed by atoms with Crippen molar-refractivity contribution in [2.75, 3.05) is 7.11 Å². The van der Waals surface area contributed by atoms with Crippen LogP contribution in [0.2, 0.25) is 0 Å². The van der Waals surface area contributed by atoms with Gasteiger partial charge >= 0.3 is 5.76 Å². The average molecular weight is 329 g/mol. The number of aryl methyl sites for hydroxylation is 1. The molecule has 2 aromatic heterocycles. The van der Waals surface area contributed by atoms with Gasteiger partial charge < -0.3 is 9.15 Å². The van der Waals surface area contributed by atoms with Crippen LogP contribution in [0.5, 0.6) is 5.75 Å². The van der Waals surface area contributed by atoms with Gasteiger partial charge in [-0.25, -0.2) is 4.79 Å². The van der Waals surface area contributed by atoms with Crippen molar-refractivity contribution in [3.63, 3.8) is 0 Å². The molecule has 3 aromatic rings. The molecular weight excluding hydrogens is 314 g/mol. The van der Waals surface area contributed by atoms with Crippen molar-refractivity contribution in [1.29, 1.82) is 0 Å². The third-order valence-electron chi connectivity index (χ3n) is 3.92. The third-order valence-corrected chi connectivity index (χ3v) is 3.92. The van der Waals surface area contributed by atoms with Crippen LogP contribution in [-0.2, 0) is 6.54 Å². The summed E-state index contributed by atoms with van der Waals surface area (Å²) in [5, 5.41) is 10.8. The molecule has 8 heteroatoms. The van der Waals surface area contributed by atoms with Gasteiger partial charge in [-0.3, -0.25) is 19.7 Å².